The third-order valence-corrected chi connectivity index (χ3v) is 3.57. The fraction of sp³-hybridized carbons (Fsp3) is 0.421. The Bertz CT molecular complexity index is 609. The predicted molar refractivity (Wildman–Crippen MR) is 99.0 cm³/mol. The van der Waals surface area contributed by atoms with Crippen LogP contribution in [-0.4, -0.2) is 39.4 Å². The van der Waals surface area contributed by atoms with Gasteiger partial charge in [0, 0.05) is 26.1 Å². The zero-order valence-corrected chi connectivity index (χ0v) is 15.0. The van der Waals surface area contributed by atoms with Crippen molar-refractivity contribution in [3.05, 3.63) is 54.0 Å². The number of benzene rings is 1. The van der Waals surface area contributed by atoms with Crippen LogP contribution in [-0.2, 0) is 17.7 Å². The van der Waals surface area contributed by atoms with Crippen LogP contribution in [0.15, 0.2) is 52.1 Å². The summed E-state index contributed by atoms with van der Waals surface area (Å²) in [4.78, 5) is 4.63. The molecule has 0 saturated carbocycles. The van der Waals surface area contributed by atoms with Crippen molar-refractivity contribution in [1.82, 2.24) is 10.6 Å². The lowest BCUT2D eigenvalue weighted by Gasteiger charge is -2.12. The molecule has 2 N–H and O–H groups in total. The number of furan rings is 1. The molecule has 0 bridgehead atoms. The second-order valence-electron chi connectivity index (χ2n) is 5.39. The highest BCUT2D eigenvalue weighted by Gasteiger charge is 2.01. The Kier molecular flexibility index (Phi) is 8.41. The van der Waals surface area contributed by atoms with E-state index >= 15 is 0 Å². The summed E-state index contributed by atoms with van der Waals surface area (Å²) in [6, 6.07) is 11.8. The molecule has 2 aromatic rings. The van der Waals surface area contributed by atoms with Gasteiger partial charge in [0.25, 0.3) is 0 Å². The largest absolute Gasteiger partial charge is 0.497 e. The topological polar surface area (TPSA) is 68.0 Å². The lowest BCUT2D eigenvalue weighted by Crippen LogP contribution is -2.40. The summed E-state index contributed by atoms with van der Waals surface area (Å²) in [6.07, 6.45) is 2.50. The maximum absolute atomic E-state index is 5.36. The van der Waals surface area contributed by atoms with Crippen LogP contribution in [0.3, 0.4) is 0 Å². The fourth-order valence-corrected chi connectivity index (χ4v) is 2.22. The molecule has 6 nitrogen and oxygen atoms in total. The van der Waals surface area contributed by atoms with E-state index in [2.05, 4.69) is 15.6 Å². The van der Waals surface area contributed by atoms with E-state index in [0.717, 1.165) is 36.0 Å². The van der Waals surface area contributed by atoms with Crippen LogP contribution in [0.5, 0.6) is 5.75 Å². The summed E-state index contributed by atoms with van der Waals surface area (Å²) in [6.45, 7) is 5.40. The molecule has 0 fully saturated rings. The molecular formula is C19H27N3O3. The van der Waals surface area contributed by atoms with Crippen molar-refractivity contribution in [1.29, 1.82) is 0 Å². The minimum Gasteiger partial charge on any atom is -0.497 e. The highest BCUT2D eigenvalue weighted by molar-refractivity contribution is 5.79. The molecule has 0 atom stereocenters. The first-order chi connectivity index (χ1) is 12.3. The minimum atomic E-state index is 0.592. The quantitative estimate of drug-likeness (QED) is 0.394. The van der Waals surface area contributed by atoms with E-state index in [1.54, 1.807) is 13.4 Å². The fourth-order valence-electron chi connectivity index (χ4n) is 2.22. The van der Waals surface area contributed by atoms with E-state index in [4.69, 9.17) is 13.9 Å². The van der Waals surface area contributed by atoms with Crippen molar-refractivity contribution in [2.45, 2.75) is 19.9 Å². The van der Waals surface area contributed by atoms with Crippen molar-refractivity contribution in [3.8, 4) is 5.75 Å². The van der Waals surface area contributed by atoms with Crippen molar-refractivity contribution in [2.75, 3.05) is 33.4 Å². The Morgan fingerprint density at radius 1 is 1.12 bits per heavy atom. The van der Waals surface area contributed by atoms with E-state index in [0.29, 0.717) is 26.3 Å². The normalized spacial score (nSPS) is 11.4. The zero-order chi connectivity index (χ0) is 17.7. The van der Waals surface area contributed by atoms with Gasteiger partial charge in [0.1, 0.15) is 11.5 Å². The van der Waals surface area contributed by atoms with E-state index in [-0.39, 0.29) is 0 Å². The van der Waals surface area contributed by atoms with Crippen LogP contribution in [0.25, 0.3) is 0 Å². The average Bonchev–Trinajstić information content (AvgIpc) is 3.16. The van der Waals surface area contributed by atoms with Crippen LogP contribution < -0.4 is 15.4 Å². The lowest BCUT2D eigenvalue weighted by molar-refractivity contribution is 0.152. The van der Waals surface area contributed by atoms with Crippen LogP contribution in [0, 0.1) is 0 Å². The van der Waals surface area contributed by atoms with Gasteiger partial charge in [-0.05, 0) is 36.8 Å². The second kappa shape index (κ2) is 11.1. The van der Waals surface area contributed by atoms with Crippen LogP contribution in [0.4, 0.5) is 0 Å². The monoisotopic (exact) mass is 345 g/mol. The molecule has 6 heteroatoms. The zero-order valence-electron chi connectivity index (χ0n) is 15.0. The van der Waals surface area contributed by atoms with Gasteiger partial charge in [-0.15, -0.1) is 0 Å². The summed E-state index contributed by atoms with van der Waals surface area (Å²) in [5, 5.41) is 6.61. The Morgan fingerprint density at radius 2 is 1.92 bits per heavy atom. The summed E-state index contributed by atoms with van der Waals surface area (Å²) >= 11 is 0. The molecule has 0 aliphatic carbocycles. The van der Waals surface area contributed by atoms with E-state index in [9.17, 15) is 0 Å². The van der Waals surface area contributed by atoms with E-state index in [1.165, 1.54) is 0 Å². The summed E-state index contributed by atoms with van der Waals surface area (Å²) < 4.78 is 15.9. The molecule has 0 spiro atoms. The molecule has 0 aliphatic rings. The SMILES string of the molecule is CCOCCNC(=NCc1ccc(OC)cc1)NCCc1ccco1. The van der Waals surface area contributed by atoms with Gasteiger partial charge in [0.15, 0.2) is 5.96 Å². The summed E-state index contributed by atoms with van der Waals surface area (Å²) in [5.41, 5.74) is 1.12. The van der Waals surface area contributed by atoms with Gasteiger partial charge in [-0.1, -0.05) is 12.1 Å². The summed E-state index contributed by atoms with van der Waals surface area (Å²) in [5.74, 6) is 2.57. The smallest absolute Gasteiger partial charge is 0.191 e. The van der Waals surface area contributed by atoms with Gasteiger partial charge < -0.3 is 24.5 Å². The molecule has 136 valence electrons. The predicted octanol–water partition coefficient (Wildman–Crippen LogP) is 2.60. The molecule has 1 heterocycles. The number of nitrogens with zero attached hydrogens (tertiary/aromatic N) is 1. The molecule has 2 rings (SSSR count). The van der Waals surface area contributed by atoms with Crippen molar-refractivity contribution >= 4 is 5.96 Å². The first kappa shape index (κ1) is 18.9. The highest BCUT2D eigenvalue weighted by atomic mass is 16.5. The average molecular weight is 345 g/mol. The molecule has 0 aliphatic heterocycles. The number of hydrogen-bond acceptors (Lipinski definition) is 4. The Morgan fingerprint density at radius 3 is 2.60 bits per heavy atom. The number of methoxy groups -OCH3 is 1. The number of aliphatic imine (C=N–C) groups is 1. The van der Waals surface area contributed by atoms with E-state index < -0.39 is 0 Å². The maximum atomic E-state index is 5.36. The van der Waals surface area contributed by atoms with E-state index in [1.807, 2.05) is 43.3 Å². The van der Waals surface area contributed by atoms with Gasteiger partial charge in [0.2, 0.25) is 0 Å². The minimum absolute atomic E-state index is 0.592. The molecule has 0 saturated heterocycles. The number of ether oxygens (including phenoxy) is 2. The molecule has 1 aromatic carbocycles. The van der Waals surface area contributed by atoms with Crippen molar-refractivity contribution in [2.24, 2.45) is 4.99 Å². The van der Waals surface area contributed by atoms with Crippen molar-refractivity contribution in [3.63, 3.8) is 0 Å². The molecule has 25 heavy (non-hydrogen) atoms. The third-order valence-electron chi connectivity index (χ3n) is 3.57. The number of guanidine groups is 1. The van der Waals surface area contributed by atoms with Gasteiger partial charge in [-0.25, -0.2) is 4.99 Å². The maximum Gasteiger partial charge on any atom is 0.191 e. The number of hydrogen-bond donors (Lipinski definition) is 2. The van der Waals surface area contributed by atoms with Crippen LogP contribution >= 0.6 is 0 Å². The first-order valence-electron chi connectivity index (χ1n) is 8.57. The van der Waals surface area contributed by atoms with Gasteiger partial charge in [-0.2, -0.15) is 0 Å². The number of nitrogens with one attached hydrogen (secondary N) is 2. The van der Waals surface area contributed by atoms with Gasteiger partial charge in [-0.3, -0.25) is 0 Å². The second-order valence-corrected chi connectivity index (χ2v) is 5.39. The van der Waals surface area contributed by atoms with Gasteiger partial charge in [0.05, 0.1) is 26.5 Å². The molecule has 0 unspecified atom stereocenters. The lowest BCUT2D eigenvalue weighted by atomic mass is 10.2. The Labute approximate surface area is 149 Å². The highest BCUT2D eigenvalue weighted by Crippen LogP contribution is 2.11. The Balaban J connectivity index is 1.86. The molecule has 0 amide bonds. The third kappa shape index (κ3) is 7.30. The Hall–Kier alpha value is -2.47. The molecule has 0 radical (unpaired) electrons. The van der Waals surface area contributed by atoms with Crippen LogP contribution in [0.1, 0.15) is 18.2 Å². The standard InChI is InChI=1S/C19H27N3O3/c1-3-24-14-12-21-19(20-11-10-18-5-4-13-25-18)22-15-16-6-8-17(23-2)9-7-16/h4-9,13H,3,10-12,14-15H2,1-2H3,(H2,20,21,22). The first-order valence-corrected chi connectivity index (χ1v) is 8.57. The number of rotatable bonds is 10. The molecular weight excluding hydrogens is 318 g/mol. The van der Waals surface area contributed by atoms with Crippen molar-refractivity contribution < 1.29 is 13.9 Å². The summed E-state index contributed by atoms with van der Waals surface area (Å²) in [7, 11) is 1.66. The van der Waals surface area contributed by atoms with Gasteiger partial charge >= 0.3 is 0 Å². The van der Waals surface area contributed by atoms with Crippen LogP contribution in [0.2, 0.25) is 0 Å². The molecule has 1 aromatic heterocycles.